The van der Waals surface area contributed by atoms with E-state index in [-0.39, 0.29) is 5.91 Å². The van der Waals surface area contributed by atoms with Gasteiger partial charge in [0.15, 0.2) is 0 Å². The van der Waals surface area contributed by atoms with Crippen LogP contribution in [0, 0.1) is 5.92 Å². The summed E-state index contributed by atoms with van der Waals surface area (Å²) in [5, 5.41) is 4.06. The topological polar surface area (TPSA) is 58.8 Å². The summed E-state index contributed by atoms with van der Waals surface area (Å²) >= 11 is 0. The predicted octanol–water partition coefficient (Wildman–Crippen LogP) is 1.98. The molecule has 0 bridgehead atoms. The van der Waals surface area contributed by atoms with Crippen LogP contribution in [-0.2, 0) is 4.74 Å². The molecule has 2 aliphatic heterocycles. The van der Waals surface area contributed by atoms with Crippen LogP contribution in [0.4, 0.5) is 0 Å². The molecule has 2 fully saturated rings. The third-order valence-corrected chi connectivity index (χ3v) is 5.23. The van der Waals surface area contributed by atoms with E-state index in [1.807, 2.05) is 11.0 Å². The SMILES string of the molecule is CC[C@H](C)c1cc(C(=O)N2C[C@@H](N3CCOCC3)[C@@H](C)C2)on1. The van der Waals surface area contributed by atoms with Crippen LogP contribution in [0.2, 0.25) is 0 Å². The van der Waals surface area contributed by atoms with Crippen LogP contribution < -0.4 is 0 Å². The molecule has 0 aliphatic carbocycles. The fraction of sp³-hybridized carbons (Fsp3) is 0.765. The number of likely N-dealkylation sites (tertiary alicyclic amines) is 1. The largest absolute Gasteiger partial charge is 0.379 e. The Hall–Kier alpha value is -1.40. The maximum absolute atomic E-state index is 12.7. The van der Waals surface area contributed by atoms with Gasteiger partial charge in [0.1, 0.15) is 0 Å². The van der Waals surface area contributed by atoms with Gasteiger partial charge in [-0.2, -0.15) is 0 Å². The van der Waals surface area contributed by atoms with Crippen molar-refractivity contribution in [3.8, 4) is 0 Å². The average molecular weight is 321 g/mol. The van der Waals surface area contributed by atoms with E-state index in [0.29, 0.717) is 23.6 Å². The van der Waals surface area contributed by atoms with E-state index >= 15 is 0 Å². The number of hydrogen-bond donors (Lipinski definition) is 0. The number of nitrogens with zero attached hydrogens (tertiary/aromatic N) is 3. The number of carbonyl (C=O) groups excluding carboxylic acids is 1. The fourth-order valence-corrected chi connectivity index (χ4v) is 3.49. The molecule has 0 unspecified atom stereocenters. The highest BCUT2D eigenvalue weighted by molar-refractivity contribution is 5.91. The molecule has 3 atom stereocenters. The van der Waals surface area contributed by atoms with Crippen LogP contribution in [0.25, 0.3) is 0 Å². The Morgan fingerprint density at radius 3 is 2.83 bits per heavy atom. The summed E-state index contributed by atoms with van der Waals surface area (Å²) in [6.45, 7) is 11.5. The van der Waals surface area contributed by atoms with Gasteiger partial charge in [0.2, 0.25) is 5.76 Å². The molecule has 6 nitrogen and oxygen atoms in total. The monoisotopic (exact) mass is 321 g/mol. The Labute approximate surface area is 137 Å². The van der Waals surface area contributed by atoms with Crippen molar-refractivity contribution in [3.05, 3.63) is 17.5 Å². The van der Waals surface area contributed by atoms with Gasteiger partial charge in [0, 0.05) is 44.2 Å². The summed E-state index contributed by atoms with van der Waals surface area (Å²) in [4.78, 5) is 17.1. The molecule has 0 saturated carbocycles. The second kappa shape index (κ2) is 7.01. The summed E-state index contributed by atoms with van der Waals surface area (Å²) in [6, 6.07) is 2.23. The van der Waals surface area contributed by atoms with Gasteiger partial charge in [-0.05, 0) is 12.3 Å². The van der Waals surface area contributed by atoms with Crippen LogP contribution in [-0.4, -0.2) is 66.3 Å². The Morgan fingerprint density at radius 2 is 2.13 bits per heavy atom. The number of hydrogen-bond acceptors (Lipinski definition) is 5. The Kier molecular flexibility index (Phi) is 5.02. The molecule has 0 aromatic carbocycles. The van der Waals surface area contributed by atoms with Crippen LogP contribution in [0.3, 0.4) is 0 Å². The first-order chi connectivity index (χ1) is 11.1. The van der Waals surface area contributed by atoms with Crippen molar-refractivity contribution in [3.63, 3.8) is 0 Å². The van der Waals surface area contributed by atoms with E-state index < -0.39 is 0 Å². The lowest BCUT2D eigenvalue weighted by Crippen LogP contribution is -2.47. The van der Waals surface area contributed by atoms with Gasteiger partial charge < -0.3 is 14.2 Å². The molecule has 0 N–H and O–H groups in total. The smallest absolute Gasteiger partial charge is 0.292 e. The maximum atomic E-state index is 12.7. The van der Waals surface area contributed by atoms with Crippen molar-refractivity contribution in [2.24, 2.45) is 5.92 Å². The van der Waals surface area contributed by atoms with Gasteiger partial charge in [-0.3, -0.25) is 9.69 Å². The van der Waals surface area contributed by atoms with E-state index in [0.717, 1.165) is 51.5 Å². The number of carbonyl (C=O) groups is 1. The van der Waals surface area contributed by atoms with Crippen LogP contribution in [0.5, 0.6) is 0 Å². The quantitative estimate of drug-likeness (QED) is 0.849. The molecular weight excluding hydrogens is 294 g/mol. The molecule has 2 aliphatic rings. The highest BCUT2D eigenvalue weighted by Crippen LogP contribution is 2.25. The fourth-order valence-electron chi connectivity index (χ4n) is 3.49. The standard InChI is InChI=1S/C17H27N3O3/c1-4-12(2)14-9-16(23-18-14)17(21)20-10-13(3)15(11-20)19-5-7-22-8-6-19/h9,12-13,15H,4-8,10-11H2,1-3H3/t12-,13-,15+/m0/s1. The van der Waals surface area contributed by atoms with Gasteiger partial charge in [0.25, 0.3) is 5.91 Å². The van der Waals surface area contributed by atoms with Crippen molar-refractivity contribution in [1.29, 1.82) is 0 Å². The summed E-state index contributed by atoms with van der Waals surface area (Å²) in [6.07, 6.45) is 0.986. The van der Waals surface area contributed by atoms with Gasteiger partial charge >= 0.3 is 0 Å². The lowest BCUT2D eigenvalue weighted by molar-refractivity contribution is 0.0118. The molecule has 3 heterocycles. The molecule has 1 aromatic heterocycles. The highest BCUT2D eigenvalue weighted by Gasteiger charge is 2.37. The van der Waals surface area contributed by atoms with E-state index in [4.69, 9.17) is 9.26 Å². The minimum atomic E-state index is -0.0327. The van der Waals surface area contributed by atoms with E-state index in [2.05, 4.69) is 30.8 Å². The first-order valence-electron chi connectivity index (χ1n) is 8.67. The molecule has 6 heteroatoms. The van der Waals surface area contributed by atoms with Crippen molar-refractivity contribution in [2.75, 3.05) is 39.4 Å². The minimum Gasteiger partial charge on any atom is -0.379 e. The predicted molar refractivity (Wildman–Crippen MR) is 86.5 cm³/mol. The van der Waals surface area contributed by atoms with E-state index in [1.165, 1.54) is 0 Å². The highest BCUT2D eigenvalue weighted by atomic mass is 16.5. The maximum Gasteiger partial charge on any atom is 0.292 e. The number of rotatable bonds is 4. The van der Waals surface area contributed by atoms with E-state index in [1.54, 1.807) is 0 Å². The Bertz CT molecular complexity index is 539. The Balaban J connectivity index is 1.65. The number of amides is 1. The zero-order valence-electron chi connectivity index (χ0n) is 14.3. The average Bonchev–Trinajstić information content (AvgIpc) is 3.21. The molecule has 0 radical (unpaired) electrons. The first kappa shape index (κ1) is 16.5. The number of morpholine rings is 1. The summed E-state index contributed by atoms with van der Waals surface area (Å²) in [7, 11) is 0. The minimum absolute atomic E-state index is 0.0327. The normalized spacial score (nSPS) is 27.3. The van der Waals surface area contributed by atoms with Crippen LogP contribution >= 0.6 is 0 Å². The lowest BCUT2D eigenvalue weighted by atomic mass is 10.0. The molecule has 0 spiro atoms. The van der Waals surface area contributed by atoms with Crippen molar-refractivity contribution >= 4 is 5.91 Å². The second-order valence-corrected chi connectivity index (χ2v) is 6.83. The van der Waals surface area contributed by atoms with Gasteiger partial charge in [-0.15, -0.1) is 0 Å². The first-order valence-corrected chi connectivity index (χ1v) is 8.67. The molecular formula is C17H27N3O3. The third kappa shape index (κ3) is 3.43. The van der Waals surface area contributed by atoms with Crippen molar-refractivity contribution in [1.82, 2.24) is 15.0 Å². The van der Waals surface area contributed by atoms with Crippen molar-refractivity contribution < 1.29 is 14.1 Å². The van der Waals surface area contributed by atoms with Gasteiger partial charge in [-0.25, -0.2) is 0 Å². The second-order valence-electron chi connectivity index (χ2n) is 6.83. The van der Waals surface area contributed by atoms with Crippen molar-refractivity contribution in [2.45, 2.75) is 39.2 Å². The number of ether oxygens (including phenoxy) is 1. The molecule has 1 aromatic rings. The van der Waals surface area contributed by atoms with Crippen LogP contribution in [0.15, 0.2) is 10.6 Å². The van der Waals surface area contributed by atoms with Gasteiger partial charge in [-0.1, -0.05) is 25.9 Å². The van der Waals surface area contributed by atoms with Gasteiger partial charge in [0.05, 0.1) is 18.9 Å². The third-order valence-electron chi connectivity index (χ3n) is 5.23. The lowest BCUT2D eigenvalue weighted by Gasteiger charge is -2.33. The molecule has 23 heavy (non-hydrogen) atoms. The summed E-state index contributed by atoms with van der Waals surface area (Å²) in [5.41, 5.74) is 0.868. The van der Waals surface area contributed by atoms with E-state index in [9.17, 15) is 4.79 Å². The van der Waals surface area contributed by atoms with Crippen LogP contribution in [0.1, 0.15) is 49.4 Å². The molecule has 3 rings (SSSR count). The molecule has 1 amide bonds. The summed E-state index contributed by atoms with van der Waals surface area (Å²) < 4.78 is 10.7. The molecule has 2 saturated heterocycles. The zero-order valence-corrected chi connectivity index (χ0v) is 14.3. The summed E-state index contributed by atoms with van der Waals surface area (Å²) in [5.74, 6) is 1.12. The zero-order chi connectivity index (χ0) is 16.4. The molecule has 128 valence electrons. The Morgan fingerprint density at radius 1 is 1.39 bits per heavy atom. The number of aromatic nitrogens is 1.